The lowest BCUT2D eigenvalue weighted by Gasteiger charge is -2.21. The maximum absolute atomic E-state index is 5.99. The third-order valence-corrected chi connectivity index (χ3v) is 4.23. The summed E-state index contributed by atoms with van der Waals surface area (Å²) in [6, 6.07) is 22.0. The van der Waals surface area contributed by atoms with Gasteiger partial charge in [0.1, 0.15) is 11.8 Å². The summed E-state index contributed by atoms with van der Waals surface area (Å²) in [4.78, 5) is 0. The zero-order valence-electron chi connectivity index (χ0n) is 12.4. The van der Waals surface area contributed by atoms with Crippen LogP contribution in [-0.2, 0) is 0 Å². The van der Waals surface area contributed by atoms with Crippen LogP contribution < -0.4 is 5.01 Å². The van der Waals surface area contributed by atoms with Crippen molar-refractivity contribution in [1.29, 1.82) is 0 Å². The van der Waals surface area contributed by atoms with Crippen molar-refractivity contribution >= 4 is 23.0 Å². The molecule has 0 bridgehead atoms. The molecule has 0 N–H and O–H groups in total. The first-order chi connectivity index (χ1) is 11.3. The lowest BCUT2D eigenvalue weighted by molar-refractivity contribution is 0.465. The standard InChI is InChI=1S/C19H15ClN2O/c20-15-10-8-14(9-11-15)17-13-18(19-7-4-12-23-19)22(21-17)16-5-2-1-3-6-16/h1-12,18H,13H2/t18-/m1/s1. The fourth-order valence-electron chi connectivity index (χ4n) is 2.85. The molecule has 1 aromatic heterocycles. The zero-order valence-corrected chi connectivity index (χ0v) is 13.1. The van der Waals surface area contributed by atoms with E-state index in [0.717, 1.165) is 34.2 Å². The second-order valence-electron chi connectivity index (χ2n) is 5.47. The van der Waals surface area contributed by atoms with Crippen LogP contribution in [0.5, 0.6) is 0 Å². The first kappa shape index (κ1) is 14.1. The van der Waals surface area contributed by atoms with Crippen molar-refractivity contribution in [3.05, 3.63) is 89.3 Å². The Morgan fingerprint density at radius 3 is 2.43 bits per heavy atom. The monoisotopic (exact) mass is 322 g/mol. The summed E-state index contributed by atoms with van der Waals surface area (Å²) >= 11 is 5.99. The average Bonchev–Trinajstić information content (AvgIpc) is 3.26. The number of benzene rings is 2. The van der Waals surface area contributed by atoms with Crippen molar-refractivity contribution in [3.8, 4) is 0 Å². The maximum atomic E-state index is 5.99. The van der Waals surface area contributed by atoms with Crippen LogP contribution in [0, 0.1) is 0 Å². The Hall–Kier alpha value is -2.52. The molecule has 114 valence electrons. The fraction of sp³-hybridized carbons (Fsp3) is 0.105. The van der Waals surface area contributed by atoms with E-state index >= 15 is 0 Å². The number of nitrogens with zero attached hydrogens (tertiary/aromatic N) is 2. The fourth-order valence-corrected chi connectivity index (χ4v) is 2.97. The van der Waals surface area contributed by atoms with E-state index in [1.165, 1.54) is 0 Å². The molecule has 0 aliphatic carbocycles. The number of hydrogen-bond donors (Lipinski definition) is 0. The minimum absolute atomic E-state index is 0.0677. The molecule has 0 fully saturated rings. The van der Waals surface area contributed by atoms with Gasteiger partial charge in [-0.2, -0.15) is 5.10 Å². The van der Waals surface area contributed by atoms with Crippen molar-refractivity contribution in [2.75, 3.05) is 5.01 Å². The third-order valence-electron chi connectivity index (χ3n) is 3.98. The molecular weight excluding hydrogens is 308 g/mol. The highest BCUT2D eigenvalue weighted by Gasteiger charge is 2.31. The van der Waals surface area contributed by atoms with Crippen LogP contribution in [0.25, 0.3) is 0 Å². The molecule has 0 unspecified atom stereocenters. The summed E-state index contributed by atoms with van der Waals surface area (Å²) in [7, 11) is 0. The molecule has 4 heteroatoms. The van der Waals surface area contributed by atoms with Crippen molar-refractivity contribution < 1.29 is 4.42 Å². The molecule has 0 radical (unpaired) electrons. The van der Waals surface area contributed by atoms with Gasteiger partial charge in [-0.05, 0) is 42.0 Å². The van der Waals surface area contributed by atoms with Crippen LogP contribution in [0.3, 0.4) is 0 Å². The SMILES string of the molecule is Clc1ccc(C2=NN(c3ccccc3)[C@@H](c3ccco3)C2)cc1. The second-order valence-corrected chi connectivity index (χ2v) is 5.91. The van der Waals surface area contributed by atoms with Crippen LogP contribution in [0.1, 0.15) is 23.8 Å². The molecular formula is C19H15ClN2O. The van der Waals surface area contributed by atoms with Gasteiger partial charge in [-0.1, -0.05) is 41.9 Å². The topological polar surface area (TPSA) is 28.7 Å². The van der Waals surface area contributed by atoms with Crippen LogP contribution in [0.15, 0.2) is 82.5 Å². The summed E-state index contributed by atoms with van der Waals surface area (Å²) in [6.45, 7) is 0. The number of furan rings is 1. The molecule has 0 saturated carbocycles. The Morgan fingerprint density at radius 1 is 0.957 bits per heavy atom. The number of halogens is 1. The van der Waals surface area contributed by atoms with Gasteiger partial charge in [0.25, 0.3) is 0 Å². The van der Waals surface area contributed by atoms with Gasteiger partial charge in [-0.3, -0.25) is 5.01 Å². The molecule has 23 heavy (non-hydrogen) atoms. The summed E-state index contributed by atoms with van der Waals surface area (Å²) in [5.74, 6) is 0.918. The highest BCUT2D eigenvalue weighted by Crippen LogP contribution is 2.36. The Bertz CT molecular complexity index is 810. The van der Waals surface area contributed by atoms with Crippen molar-refractivity contribution in [2.24, 2.45) is 5.10 Å². The molecule has 0 amide bonds. The summed E-state index contributed by atoms with van der Waals surface area (Å²) in [5, 5.41) is 7.60. The van der Waals surface area contributed by atoms with Crippen LogP contribution in [0.2, 0.25) is 5.02 Å². The summed E-state index contributed by atoms with van der Waals surface area (Å²) in [5.41, 5.74) is 3.18. The normalized spacial score (nSPS) is 17.3. The largest absolute Gasteiger partial charge is 0.467 e. The lowest BCUT2D eigenvalue weighted by atomic mass is 10.0. The number of anilines is 1. The first-order valence-corrected chi connectivity index (χ1v) is 7.90. The lowest BCUT2D eigenvalue weighted by Crippen LogP contribution is -2.17. The molecule has 2 heterocycles. The van der Waals surface area contributed by atoms with Crippen LogP contribution in [0.4, 0.5) is 5.69 Å². The van der Waals surface area contributed by atoms with Gasteiger partial charge < -0.3 is 4.42 Å². The number of hydrazone groups is 1. The van der Waals surface area contributed by atoms with Gasteiger partial charge >= 0.3 is 0 Å². The van der Waals surface area contributed by atoms with Crippen LogP contribution >= 0.6 is 11.6 Å². The van der Waals surface area contributed by atoms with Gasteiger partial charge in [0.05, 0.1) is 17.7 Å². The van der Waals surface area contributed by atoms with E-state index in [1.54, 1.807) is 6.26 Å². The minimum Gasteiger partial charge on any atom is -0.467 e. The number of hydrogen-bond acceptors (Lipinski definition) is 3. The van der Waals surface area contributed by atoms with Crippen molar-refractivity contribution in [2.45, 2.75) is 12.5 Å². The number of rotatable bonds is 3. The van der Waals surface area contributed by atoms with Crippen molar-refractivity contribution in [1.82, 2.24) is 0 Å². The molecule has 1 atom stereocenters. The summed E-state index contributed by atoms with van der Waals surface area (Å²) in [6.07, 6.45) is 2.50. The van der Waals surface area contributed by atoms with Gasteiger partial charge in [0.15, 0.2) is 0 Å². The third kappa shape index (κ3) is 2.76. The van der Waals surface area contributed by atoms with E-state index < -0.39 is 0 Å². The molecule has 3 nitrogen and oxygen atoms in total. The smallest absolute Gasteiger partial charge is 0.128 e. The van der Waals surface area contributed by atoms with Gasteiger partial charge in [0, 0.05) is 11.4 Å². The van der Waals surface area contributed by atoms with Gasteiger partial charge in [-0.25, -0.2) is 0 Å². The van der Waals surface area contributed by atoms with E-state index in [2.05, 4.69) is 12.1 Å². The maximum Gasteiger partial charge on any atom is 0.128 e. The Labute approximate surface area is 139 Å². The highest BCUT2D eigenvalue weighted by molar-refractivity contribution is 6.30. The van der Waals surface area contributed by atoms with Crippen molar-refractivity contribution in [3.63, 3.8) is 0 Å². The first-order valence-electron chi connectivity index (χ1n) is 7.52. The highest BCUT2D eigenvalue weighted by atomic mass is 35.5. The Morgan fingerprint density at radius 2 is 1.74 bits per heavy atom. The zero-order chi connectivity index (χ0) is 15.6. The summed E-state index contributed by atoms with van der Waals surface area (Å²) < 4.78 is 5.64. The molecule has 0 saturated heterocycles. The average molecular weight is 323 g/mol. The number of para-hydroxylation sites is 1. The second kappa shape index (κ2) is 5.94. The molecule has 2 aromatic carbocycles. The predicted octanol–water partition coefficient (Wildman–Crippen LogP) is 5.29. The quantitative estimate of drug-likeness (QED) is 0.655. The van der Waals surface area contributed by atoms with E-state index in [1.807, 2.05) is 59.6 Å². The molecule has 4 rings (SSSR count). The molecule has 1 aliphatic heterocycles. The van der Waals surface area contributed by atoms with E-state index in [4.69, 9.17) is 21.1 Å². The minimum atomic E-state index is 0.0677. The van der Waals surface area contributed by atoms with E-state index in [-0.39, 0.29) is 6.04 Å². The molecule has 3 aromatic rings. The molecule has 1 aliphatic rings. The Kier molecular flexibility index (Phi) is 3.64. The molecule has 0 spiro atoms. The van der Waals surface area contributed by atoms with Gasteiger partial charge in [-0.15, -0.1) is 0 Å². The van der Waals surface area contributed by atoms with Gasteiger partial charge in [0.2, 0.25) is 0 Å². The van der Waals surface area contributed by atoms with E-state index in [0.29, 0.717) is 0 Å². The Balaban J connectivity index is 1.73. The van der Waals surface area contributed by atoms with E-state index in [9.17, 15) is 0 Å². The predicted molar refractivity (Wildman–Crippen MR) is 93.0 cm³/mol. The van der Waals surface area contributed by atoms with Crippen LogP contribution in [-0.4, -0.2) is 5.71 Å².